The first-order valence-corrected chi connectivity index (χ1v) is 8.95. The minimum absolute atomic E-state index is 0.143. The summed E-state index contributed by atoms with van der Waals surface area (Å²) in [5, 5.41) is 5.39. The van der Waals surface area contributed by atoms with Gasteiger partial charge in [0, 0.05) is 15.4 Å². The second-order valence-electron chi connectivity index (χ2n) is 5.36. The summed E-state index contributed by atoms with van der Waals surface area (Å²) in [6.07, 6.45) is 0.173. The Bertz CT molecular complexity index is 894. The van der Waals surface area contributed by atoms with Gasteiger partial charge in [-0.3, -0.25) is 4.79 Å². The Morgan fingerprint density at radius 1 is 1.29 bits per heavy atom. The van der Waals surface area contributed by atoms with Crippen LogP contribution in [-0.2, 0) is 11.2 Å². The van der Waals surface area contributed by atoms with Gasteiger partial charge in [0.1, 0.15) is 10.8 Å². The van der Waals surface area contributed by atoms with Crippen molar-refractivity contribution in [3.05, 3.63) is 69.4 Å². The lowest BCUT2D eigenvalue weighted by molar-refractivity contribution is -0.115. The van der Waals surface area contributed by atoms with Gasteiger partial charge in [0.25, 0.3) is 0 Å². The van der Waals surface area contributed by atoms with E-state index in [1.54, 1.807) is 12.1 Å². The molecule has 122 valence electrons. The predicted octanol–water partition coefficient (Wildman–Crippen LogP) is 5.20. The molecule has 0 radical (unpaired) electrons. The molecular weight excluding hydrogens is 391 g/mol. The Hall–Kier alpha value is -2.05. The zero-order valence-electron chi connectivity index (χ0n) is 12.8. The first-order valence-electron chi connectivity index (χ1n) is 7.27. The van der Waals surface area contributed by atoms with Crippen LogP contribution in [0.15, 0.2) is 52.3 Å². The van der Waals surface area contributed by atoms with Gasteiger partial charge < -0.3 is 5.32 Å². The summed E-state index contributed by atoms with van der Waals surface area (Å²) < 4.78 is 14.1. The summed E-state index contributed by atoms with van der Waals surface area (Å²) >= 11 is 4.84. The van der Waals surface area contributed by atoms with Gasteiger partial charge in [-0.1, -0.05) is 18.2 Å². The van der Waals surface area contributed by atoms with Crippen LogP contribution in [0, 0.1) is 12.7 Å². The van der Waals surface area contributed by atoms with Crippen LogP contribution in [0.3, 0.4) is 0 Å². The lowest BCUT2D eigenvalue weighted by Gasteiger charge is -2.07. The molecule has 24 heavy (non-hydrogen) atoms. The van der Waals surface area contributed by atoms with E-state index in [4.69, 9.17) is 0 Å². The van der Waals surface area contributed by atoms with Crippen molar-refractivity contribution in [1.29, 1.82) is 0 Å². The molecule has 2 aromatic carbocycles. The van der Waals surface area contributed by atoms with Crippen LogP contribution < -0.4 is 5.32 Å². The van der Waals surface area contributed by atoms with Crippen molar-refractivity contribution in [1.82, 2.24) is 4.98 Å². The monoisotopic (exact) mass is 404 g/mol. The number of aryl methyl sites for hydroxylation is 1. The molecule has 0 saturated heterocycles. The molecule has 0 bridgehead atoms. The van der Waals surface area contributed by atoms with Gasteiger partial charge >= 0.3 is 0 Å². The first-order chi connectivity index (χ1) is 11.5. The van der Waals surface area contributed by atoms with Crippen molar-refractivity contribution in [2.45, 2.75) is 13.3 Å². The zero-order chi connectivity index (χ0) is 17.1. The minimum atomic E-state index is -0.300. The maximum Gasteiger partial charge on any atom is 0.230 e. The number of anilines is 1. The second kappa shape index (κ2) is 7.23. The fraction of sp³-hybridized carbons (Fsp3) is 0.111. The number of hydrogen-bond donors (Lipinski definition) is 1. The van der Waals surface area contributed by atoms with E-state index < -0.39 is 0 Å². The molecule has 3 aromatic rings. The average molecular weight is 405 g/mol. The standard InChI is InChI=1S/C18H14BrFN2OS/c1-11-5-6-16(15(19)7-11)22-17(23)9-14-10-24-18(21-14)12-3-2-4-13(20)8-12/h2-8,10H,9H2,1H3,(H,22,23). The molecule has 1 aromatic heterocycles. The van der Waals surface area contributed by atoms with E-state index in [0.29, 0.717) is 16.3 Å². The Morgan fingerprint density at radius 3 is 2.88 bits per heavy atom. The fourth-order valence-corrected chi connectivity index (χ4v) is 3.63. The quantitative estimate of drug-likeness (QED) is 0.648. The smallest absolute Gasteiger partial charge is 0.230 e. The topological polar surface area (TPSA) is 42.0 Å². The Kier molecular flexibility index (Phi) is 5.06. The number of halogens is 2. The van der Waals surface area contributed by atoms with Crippen LogP contribution in [0.4, 0.5) is 10.1 Å². The first kappa shape index (κ1) is 16.8. The number of benzene rings is 2. The van der Waals surface area contributed by atoms with E-state index in [9.17, 15) is 9.18 Å². The number of hydrogen-bond acceptors (Lipinski definition) is 3. The van der Waals surface area contributed by atoms with E-state index in [2.05, 4.69) is 26.2 Å². The van der Waals surface area contributed by atoms with Gasteiger partial charge in [0.15, 0.2) is 0 Å². The molecule has 6 heteroatoms. The Morgan fingerprint density at radius 2 is 2.12 bits per heavy atom. The van der Waals surface area contributed by atoms with Gasteiger partial charge in [0.2, 0.25) is 5.91 Å². The number of carbonyl (C=O) groups excluding carboxylic acids is 1. The molecule has 1 amide bonds. The molecule has 0 aliphatic heterocycles. The minimum Gasteiger partial charge on any atom is -0.325 e. The molecule has 0 spiro atoms. The number of nitrogens with zero attached hydrogens (tertiary/aromatic N) is 1. The molecule has 0 aliphatic carbocycles. The van der Waals surface area contributed by atoms with Gasteiger partial charge in [-0.2, -0.15) is 0 Å². The third-order valence-electron chi connectivity index (χ3n) is 3.36. The number of carbonyl (C=O) groups is 1. The lowest BCUT2D eigenvalue weighted by atomic mass is 10.2. The van der Waals surface area contributed by atoms with Gasteiger partial charge in [0.05, 0.1) is 17.8 Å². The summed E-state index contributed by atoms with van der Waals surface area (Å²) in [6.45, 7) is 1.99. The normalized spacial score (nSPS) is 10.6. The largest absolute Gasteiger partial charge is 0.325 e. The highest BCUT2D eigenvalue weighted by molar-refractivity contribution is 9.10. The molecule has 0 aliphatic rings. The zero-order valence-corrected chi connectivity index (χ0v) is 15.2. The molecule has 0 atom stereocenters. The third-order valence-corrected chi connectivity index (χ3v) is 4.96. The highest BCUT2D eigenvalue weighted by atomic mass is 79.9. The molecule has 1 heterocycles. The second-order valence-corrected chi connectivity index (χ2v) is 7.08. The van der Waals surface area contributed by atoms with Crippen molar-refractivity contribution in [3.63, 3.8) is 0 Å². The maximum absolute atomic E-state index is 13.3. The van der Waals surface area contributed by atoms with Crippen LogP contribution >= 0.6 is 27.3 Å². The van der Waals surface area contributed by atoms with Gasteiger partial charge in [-0.15, -0.1) is 11.3 Å². The van der Waals surface area contributed by atoms with E-state index in [1.807, 2.05) is 30.5 Å². The predicted molar refractivity (Wildman–Crippen MR) is 98.7 cm³/mol. The van der Waals surface area contributed by atoms with Crippen LogP contribution in [0.25, 0.3) is 10.6 Å². The number of aromatic nitrogens is 1. The van der Waals surface area contributed by atoms with Crippen molar-refractivity contribution in [3.8, 4) is 10.6 Å². The summed E-state index contributed by atoms with van der Waals surface area (Å²) in [4.78, 5) is 16.6. The molecule has 1 N–H and O–H groups in total. The number of thiazole rings is 1. The summed E-state index contributed by atoms with van der Waals surface area (Å²) in [5.74, 6) is -0.443. The molecule has 3 rings (SSSR count). The van der Waals surface area contributed by atoms with Crippen LogP contribution in [0.2, 0.25) is 0 Å². The summed E-state index contributed by atoms with van der Waals surface area (Å²) in [5.41, 5.74) is 3.22. The van der Waals surface area contributed by atoms with Crippen molar-refractivity contribution in [2.75, 3.05) is 5.32 Å². The highest BCUT2D eigenvalue weighted by Gasteiger charge is 2.11. The summed E-state index contributed by atoms with van der Waals surface area (Å²) in [6, 6.07) is 12.0. The van der Waals surface area contributed by atoms with E-state index in [1.165, 1.54) is 23.5 Å². The highest BCUT2D eigenvalue weighted by Crippen LogP contribution is 2.26. The van der Waals surface area contributed by atoms with E-state index in [0.717, 1.165) is 15.7 Å². The van der Waals surface area contributed by atoms with Gasteiger partial charge in [-0.25, -0.2) is 9.37 Å². The van der Waals surface area contributed by atoms with Gasteiger partial charge in [-0.05, 0) is 52.7 Å². The fourth-order valence-electron chi connectivity index (χ4n) is 2.22. The summed E-state index contributed by atoms with van der Waals surface area (Å²) in [7, 11) is 0. The maximum atomic E-state index is 13.3. The lowest BCUT2D eigenvalue weighted by Crippen LogP contribution is -2.15. The number of nitrogens with one attached hydrogen (secondary N) is 1. The molecule has 0 fully saturated rings. The van der Waals surface area contributed by atoms with Crippen LogP contribution in [-0.4, -0.2) is 10.9 Å². The molecule has 3 nitrogen and oxygen atoms in total. The number of amides is 1. The van der Waals surface area contributed by atoms with E-state index >= 15 is 0 Å². The number of rotatable bonds is 4. The Balaban J connectivity index is 1.69. The molecule has 0 saturated carbocycles. The van der Waals surface area contributed by atoms with E-state index in [-0.39, 0.29) is 18.1 Å². The van der Waals surface area contributed by atoms with Crippen LogP contribution in [0.5, 0.6) is 0 Å². The average Bonchev–Trinajstić information content (AvgIpc) is 2.98. The molecule has 0 unspecified atom stereocenters. The SMILES string of the molecule is Cc1ccc(NC(=O)Cc2csc(-c3cccc(F)c3)n2)c(Br)c1. The van der Waals surface area contributed by atoms with Crippen molar-refractivity contribution in [2.24, 2.45) is 0 Å². The Labute approximate surface area is 151 Å². The van der Waals surface area contributed by atoms with Crippen molar-refractivity contribution < 1.29 is 9.18 Å². The third kappa shape index (κ3) is 4.07. The molecular formula is C18H14BrFN2OS. The van der Waals surface area contributed by atoms with Crippen molar-refractivity contribution >= 4 is 38.9 Å². The van der Waals surface area contributed by atoms with Crippen LogP contribution in [0.1, 0.15) is 11.3 Å².